The number of piperazine rings is 1. The molecule has 2 unspecified atom stereocenters. The van der Waals surface area contributed by atoms with Crippen LogP contribution in [0, 0.1) is 18.7 Å². The zero-order chi connectivity index (χ0) is 32.1. The number of nitrogens with two attached hydrogens (primary N) is 1. The van der Waals surface area contributed by atoms with Crippen LogP contribution >= 0.6 is 0 Å². The first-order chi connectivity index (χ1) is 21.5. The first kappa shape index (κ1) is 31.7. The zero-order valence-electron chi connectivity index (χ0n) is 26.4. The highest BCUT2D eigenvalue weighted by atomic mass is 19.4. The monoisotopic (exact) mass is 630 g/mol. The summed E-state index contributed by atoms with van der Waals surface area (Å²) in [6.07, 6.45) is 0.644. The minimum atomic E-state index is -4.80. The highest BCUT2D eigenvalue weighted by Crippen LogP contribution is 2.44. The molecule has 13 heteroatoms. The molecule has 45 heavy (non-hydrogen) atoms. The second-order valence-electron chi connectivity index (χ2n) is 12.7. The van der Waals surface area contributed by atoms with Crippen molar-refractivity contribution in [2.24, 2.45) is 5.92 Å². The number of nitrogens with one attached hydrogen (secondary N) is 1. The van der Waals surface area contributed by atoms with Crippen LogP contribution in [0.4, 0.5) is 29.2 Å². The number of aryl methyl sites for hydroxylation is 1. The maximum absolute atomic E-state index is 16.7. The average molecular weight is 631 g/mol. The number of ether oxygens (including phenoxy) is 1. The Morgan fingerprint density at radius 1 is 1.07 bits per heavy atom. The molecule has 0 spiro atoms. The van der Waals surface area contributed by atoms with E-state index in [9.17, 15) is 13.2 Å². The summed E-state index contributed by atoms with van der Waals surface area (Å²) in [6, 6.07) is 1.27. The quantitative estimate of drug-likeness (QED) is 0.360. The molecular formula is C32H42F4N8O. The van der Waals surface area contributed by atoms with Crippen LogP contribution in [-0.4, -0.2) is 75.7 Å². The smallest absolute Gasteiger partial charge is 0.418 e. The summed E-state index contributed by atoms with van der Waals surface area (Å²) in [5, 5.41) is 3.86. The molecule has 0 radical (unpaired) electrons. The molecule has 7 rings (SSSR count). The Morgan fingerprint density at radius 3 is 2.51 bits per heavy atom. The van der Waals surface area contributed by atoms with E-state index in [2.05, 4.69) is 37.0 Å². The Bertz CT molecular complexity index is 1570. The van der Waals surface area contributed by atoms with Crippen molar-refractivity contribution >= 4 is 22.5 Å². The van der Waals surface area contributed by atoms with Gasteiger partial charge in [0.05, 0.1) is 22.2 Å². The third-order valence-electron chi connectivity index (χ3n) is 9.68. The van der Waals surface area contributed by atoms with Gasteiger partial charge in [-0.3, -0.25) is 4.90 Å². The van der Waals surface area contributed by atoms with Gasteiger partial charge >= 0.3 is 12.2 Å². The molecule has 244 valence electrons. The van der Waals surface area contributed by atoms with Crippen molar-refractivity contribution in [2.75, 3.05) is 50.0 Å². The fourth-order valence-corrected chi connectivity index (χ4v) is 7.80. The minimum Gasteiger partial charge on any atom is -0.461 e. The van der Waals surface area contributed by atoms with Gasteiger partial charge < -0.3 is 20.7 Å². The molecule has 4 aliphatic rings. The molecule has 7 heterocycles. The van der Waals surface area contributed by atoms with Crippen LogP contribution in [0.15, 0.2) is 6.07 Å². The van der Waals surface area contributed by atoms with Crippen LogP contribution in [0.5, 0.6) is 6.01 Å². The first-order valence-electron chi connectivity index (χ1n) is 16.1. The molecule has 3 aromatic heterocycles. The zero-order valence-corrected chi connectivity index (χ0v) is 26.4. The number of fused-ring (bicyclic) bond motifs is 3. The predicted molar refractivity (Wildman–Crippen MR) is 166 cm³/mol. The number of nitrogen functional groups attached to an aromatic ring is 1. The maximum Gasteiger partial charge on any atom is 0.418 e. The molecule has 9 nitrogen and oxygen atoms in total. The minimum absolute atomic E-state index is 0.0243. The maximum atomic E-state index is 16.7. The second kappa shape index (κ2) is 12.1. The molecule has 0 saturated carbocycles. The fraction of sp³-hybridized carbons (Fsp3) is 0.625. The molecule has 0 aliphatic carbocycles. The van der Waals surface area contributed by atoms with Crippen molar-refractivity contribution in [2.45, 2.75) is 84.0 Å². The lowest BCUT2D eigenvalue weighted by Gasteiger charge is -2.40. The van der Waals surface area contributed by atoms with E-state index < -0.39 is 28.9 Å². The molecule has 3 saturated heterocycles. The van der Waals surface area contributed by atoms with Gasteiger partial charge in [-0.25, -0.2) is 14.4 Å². The highest BCUT2D eigenvalue weighted by molar-refractivity contribution is 5.95. The van der Waals surface area contributed by atoms with Crippen molar-refractivity contribution in [3.63, 3.8) is 0 Å². The molecule has 0 amide bonds. The summed E-state index contributed by atoms with van der Waals surface area (Å²) in [7, 11) is 0. The Labute approximate surface area is 261 Å². The van der Waals surface area contributed by atoms with Crippen LogP contribution < -0.4 is 20.7 Å². The number of anilines is 2. The lowest BCUT2D eigenvalue weighted by atomic mass is 9.90. The van der Waals surface area contributed by atoms with Gasteiger partial charge in [-0.05, 0) is 76.1 Å². The van der Waals surface area contributed by atoms with E-state index in [1.54, 1.807) is 0 Å². The molecule has 4 aliphatic heterocycles. The fourth-order valence-electron chi connectivity index (χ4n) is 7.80. The van der Waals surface area contributed by atoms with Gasteiger partial charge in [0.25, 0.3) is 0 Å². The van der Waals surface area contributed by atoms with Crippen LogP contribution in [0.3, 0.4) is 0 Å². The summed E-state index contributed by atoms with van der Waals surface area (Å²) in [5.41, 5.74) is 3.79. The van der Waals surface area contributed by atoms with Gasteiger partial charge in [-0.2, -0.15) is 23.1 Å². The number of aromatic nitrogens is 4. The third kappa shape index (κ3) is 5.66. The number of pyridine rings is 2. The average Bonchev–Trinajstić information content (AvgIpc) is 3.57. The van der Waals surface area contributed by atoms with Crippen molar-refractivity contribution in [1.29, 1.82) is 0 Å². The molecule has 3 N–H and O–H groups in total. The molecule has 0 bridgehead atoms. The number of nitrogens with zero attached hydrogens (tertiary/aromatic N) is 6. The summed E-state index contributed by atoms with van der Waals surface area (Å²) < 4.78 is 66.0. The summed E-state index contributed by atoms with van der Waals surface area (Å²) in [4.78, 5) is 22.6. The van der Waals surface area contributed by atoms with Crippen molar-refractivity contribution in [3.05, 3.63) is 28.7 Å². The standard InChI is InChI=1S/C30H36F4N8O.C2H6/c1-16-11-18-14-36-7-10-42(18)27-21-19(12-16)37-26(25-22(30(32,33)34)17(2)13-20(35)38-25)23(31)24(21)39-28(40-27)43-15-29-5-3-8-41(29)9-4-6-29;1-2/h13,16,18,36H,3-12,14-15H2,1-2H3,(H2,35,38);1-2H3. The second-order valence-corrected chi connectivity index (χ2v) is 12.7. The number of hydrogen-bond acceptors (Lipinski definition) is 9. The van der Waals surface area contributed by atoms with Gasteiger partial charge in [0.1, 0.15) is 35.1 Å². The Balaban J connectivity index is 0.00000175. The van der Waals surface area contributed by atoms with E-state index in [0.717, 1.165) is 64.3 Å². The SMILES string of the molecule is CC.Cc1cc(N)nc(-c2nc3c4c(nc(OCC56CCCN5CCC6)nc4c2F)N2CCNCC2CC(C)C3)c1C(F)(F)F. The van der Waals surface area contributed by atoms with E-state index in [1.807, 2.05) is 13.8 Å². The summed E-state index contributed by atoms with van der Waals surface area (Å²) >= 11 is 0. The van der Waals surface area contributed by atoms with Gasteiger partial charge in [0, 0.05) is 25.7 Å². The van der Waals surface area contributed by atoms with E-state index in [-0.39, 0.29) is 40.4 Å². The van der Waals surface area contributed by atoms with Crippen LogP contribution in [0.2, 0.25) is 0 Å². The molecule has 3 aromatic rings. The highest BCUT2D eigenvalue weighted by Gasteiger charge is 2.45. The van der Waals surface area contributed by atoms with Crippen LogP contribution in [-0.2, 0) is 12.6 Å². The molecule has 3 fully saturated rings. The summed E-state index contributed by atoms with van der Waals surface area (Å²) in [5.74, 6) is -0.494. The molecular weight excluding hydrogens is 588 g/mol. The van der Waals surface area contributed by atoms with Crippen molar-refractivity contribution in [3.8, 4) is 17.4 Å². The number of hydrogen-bond donors (Lipinski definition) is 2. The number of halogens is 4. The number of alkyl halides is 3. The predicted octanol–water partition coefficient (Wildman–Crippen LogP) is 5.53. The van der Waals surface area contributed by atoms with E-state index >= 15 is 4.39 Å². The van der Waals surface area contributed by atoms with Crippen LogP contribution in [0.1, 0.15) is 69.7 Å². The largest absolute Gasteiger partial charge is 0.461 e. The van der Waals surface area contributed by atoms with Gasteiger partial charge in [-0.1, -0.05) is 20.8 Å². The normalized spacial score (nSPS) is 22.7. The van der Waals surface area contributed by atoms with Crippen molar-refractivity contribution < 1.29 is 22.3 Å². The Kier molecular flexibility index (Phi) is 8.53. The van der Waals surface area contributed by atoms with E-state index in [0.29, 0.717) is 36.5 Å². The molecule has 0 aromatic carbocycles. The first-order valence-corrected chi connectivity index (χ1v) is 16.1. The van der Waals surface area contributed by atoms with E-state index in [4.69, 9.17) is 15.5 Å². The van der Waals surface area contributed by atoms with Gasteiger partial charge in [-0.15, -0.1) is 0 Å². The van der Waals surface area contributed by atoms with Gasteiger partial charge in [0.15, 0.2) is 5.82 Å². The van der Waals surface area contributed by atoms with Gasteiger partial charge in [0.2, 0.25) is 0 Å². The third-order valence-corrected chi connectivity index (χ3v) is 9.68. The van der Waals surface area contributed by atoms with E-state index in [1.165, 1.54) is 6.92 Å². The van der Waals surface area contributed by atoms with Crippen LogP contribution in [0.25, 0.3) is 22.3 Å². The Hall–Kier alpha value is -3.32. The lowest BCUT2D eigenvalue weighted by molar-refractivity contribution is -0.137. The lowest BCUT2D eigenvalue weighted by Crippen LogP contribution is -2.53. The summed E-state index contributed by atoms with van der Waals surface area (Å²) in [6.45, 7) is 11.9. The number of rotatable bonds is 4. The molecule has 2 atom stereocenters. The topological polar surface area (TPSA) is 105 Å². The van der Waals surface area contributed by atoms with Crippen molar-refractivity contribution in [1.82, 2.24) is 30.2 Å². The Morgan fingerprint density at radius 2 is 1.80 bits per heavy atom.